The highest BCUT2D eigenvalue weighted by atomic mass is 35.5. The molecule has 0 spiro atoms. The van der Waals surface area contributed by atoms with Gasteiger partial charge in [-0.1, -0.05) is 35.0 Å². The summed E-state index contributed by atoms with van der Waals surface area (Å²) in [6.07, 6.45) is 0. The third kappa shape index (κ3) is 3.16. The lowest BCUT2D eigenvalue weighted by Crippen LogP contribution is -2.23. The molecule has 0 aliphatic rings. The topological polar surface area (TPSA) is 91.0 Å². The average Bonchev–Trinajstić information content (AvgIpc) is 2.82. The molecule has 0 aliphatic carbocycles. The van der Waals surface area contributed by atoms with Gasteiger partial charge in [0.1, 0.15) is 0 Å². The van der Waals surface area contributed by atoms with Crippen LogP contribution in [0.15, 0.2) is 58.9 Å². The number of benzene rings is 2. The first kappa shape index (κ1) is 15.8. The third-order valence-corrected chi connectivity index (χ3v) is 3.71. The molecular weight excluding hydrogens is 330 g/mol. The predicted molar refractivity (Wildman–Crippen MR) is 92.7 cm³/mol. The fourth-order valence-corrected chi connectivity index (χ4v) is 2.40. The van der Waals surface area contributed by atoms with Gasteiger partial charge in [0.05, 0.1) is 5.52 Å². The fraction of sp³-hybridized carbons (Fsp3) is 0.0625. The van der Waals surface area contributed by atoms with Crippen molar-refractivity contribution < 1.29 is 9.90 Å². The van der Waals surface area contributed by atoms with Crippen LogP contribution in [0, 0.1) is 0 Å². The summed E-state index contributed by atoms with van der Waals surface area (Å²) < 4.78 is 1.59. The minimum absolute atomic E-state index is 0.0279. The molecule has 0 saturated carbocycles. The second kappa shape index (κ2) is 6.59. The number of anilines is 1. The summed E-state index contributed by atoms with van der Waals surface area (Å²) >= 11 is 5.78. The molecule has 0 bridgehead atoms. The van der Waals surface area contributed by atoms with Crippen molar-refractivity contribution in [2.24, 2.45) is 17.4 Å². The second-order valence-corrected chi connectivity index (χ2v) is 5.46. The Balaban J connectivity index is 1.71. The number of hydrogen-bond donors (Lipinski definition) is 3. The Bertz CT molecular complexity index is 918. The summed E-state index contributed by atoms with van der Waals surface area (Å²) in [7, 11) is 1.72. The number of fused-ring (bicyclic) bond motifs is 1. The lowest BCUT2D eigenvalue weighted by molar-refractivity contribution is 0.252. The third-order valence-electron chi connectivity index (χ3n) is 3.45. The number of hydrogen-bond acceptors (Lipinski definition) is 4. The number of carbonyl (C=O) groups excluding carboxylic acids is 1. The zero-order valence-electron chi connectivity index (χ0n) is 12.7. The number of amides is 2. The SMILES string of the molecule is Cn1c(O)c(N=NNC(=O)Nc2ccc(Cl)cc2)c2ccccc21. The lowest BCUT2D eigenvalue weighted by atomic mass is 10.2. The van der Waals surface area contributed by atoms with E-state index in [4.69, 9.17) is 11.6 Å². The lowest BCUT2D eigenvalue weighted by Gasteiger charge is -2.03. The monoisotopic (exact) mass is 343 g/mol. The Labute approximate surface area is 142 Å². The van der Waals surface area contributed by atoms with Gasteiger partial charge < -0.3 is 15.0 Å². The van der Waals surface area contributed by atoms with Crippen LogP contribution in [0.3, 0.4) is 0 Å². The zero-order valence-corrected chi connectivity index (χ0v) is 13.4. The van der Waals surface area contributed by atoms with Crippen LogP contribution in [0.2, 0.25) is 5.02 Å². The maximum absolute atomic E-state index is 11.8. The summed E-state index contributed by atoms with van der Waals surface area (Å²) in [4.78, 5) is 11.8. The molecule has 2 aromatic carbocycles. The fourth-order valence-electron chi connectivity index (χ4n) is 2.27. The molecule has 1 aromatic heterocycles. The van der Waals surface area contributed by atoms with Crippen molar-refractivity contribution in [3.63, 3.8) is 0 Å². The van der Waals surface area contributed by atoms with Gasteiger partial charge in [0, 0.05) is 23.1 Å². The summed E-state index contributed by atoms with van der Waals surface area (Å²) in [6, 6.07) is 13.5. The Morgan fingerprint density at radius 3 is 2.62 bits per heavy atom. The number of urea groups is 1. The van der Waals surface area contributed by atoms with Gasteiger partial charge >= 0.3 is 6.03 Å². The van der Waals surface area contributed by atoms with Crippen molar-refractivity contribution in [2.45, 2.75) is 0 Å². The number of aromatic nitrogens is 1. The van der Waals surface area contributed by atoms with Gasteiger partial charge in [0.25, 0.3) is 0 Å². The molecule has 0 atom stereocenters. The van der Waals surface area contributed by atoms with E-state index in [2.05, 4.69) is 21.1 Å². The van der Waals surface area contributed by atoms with Crippen LogP contribution in [0.25, 0.3) is 10.9 Å². The van der Waals surface area contributed by atoms with Gasteiger partial charge in [-0.15, -0.1) is 5.11 Å². The number of halogens is 1. The molecule has 8 heteroatoms. The van der Waals surface area contributed by atoms with Gasteiger partial charge in [0.2, 0.25) is 5.88 Å². The molecule has 0 saturated heterocycles. The van der Waals surface area contributed by atoms with Crippen LogP contribution in [-0.4, -0.2) is 15.7 Å². The van der Waals surface area contributed by atoms with Gasteiger partial charge in [-0.2, -0.15) is 0 Å². The largest absolute Gasteiger partial charge is 0.493 e. The van der Waals surface area contributed by atoms with Gasteiger partial charge in [-0.3, -0.25) is 0 Å². The van der Waals surface area contributed by atoms with Crippen molar-refractivity contribution in [1.29, 1.82) is 0 Å². The van der Waals surface area contributed by atoms with E-state index in [0.29, 0.717) is 16.4 Å². The number of carbonyl (C=O) groups is 1. The molecule has 122 valence electrons. The van der Waals surface area contributed by atoms with E-state index in [9.17, 15) is 9.90 Å². The maximum atomic E-state index is 11.8. The summed E-state index contributed by atoms with van der Waals surface area (Å²) in [6.45, 7) is 0. The smallest absolute Gasteiger partial charge is 0.341 e. The van der Waals surface area contributed by atoms with Crippen molar-refractivity contribution in [3.05, 3.63) is 53.6 Å². The number of aryl methyl sites for hydroxylation is 1. The van der Waals surface area contributed by atoms with Gasteiger partial charge in [-0.05, 0) is 30.3 Å². The Morgan fingerprint density at radius 2 is 1.88 bits per heavy atom. The first-order valence-electron chi connectivity index (χ1n) is 7.06. The van der Waals surface area contributed by atoms with E-state index in [1.165, 1.54) is 0 Å². The van der Waals surface area contributed by atoms with Gasteiger partial charge in [0.15, 0.2) is 5.69 Å². The highest BCUT2D eigenvalue weighted by Gasteiger charge is 2.13. The molecule has 3 rings (SSSR count). The van der Waals surface area contributed by atoms with Crippen LogP contribution in [0.1, 0.15) is 0 Å². The van der Waals surface area contributed by atoms with E-state index in [-0.39, 0.29) is 5.88 Å². The van der Waals surface area contributed by atoms with Crippen molar-refractivity contribution in [3.8, 4) is 5.88 Å². The standard InChI is InChI=1S/C16H14ClN5O2/c1-22-13-5-3-2-4-12(13)14(15(22)23)19-21-20-16(24)18-11-8-6-10(17)7-9-11/h2-9,23H,1H3,(H2,18,19,20,24). The van der Waals surface area contributed by atoms with E-state index in [0.717, 1.165) is 10.9 Å². The number of nitrogens with zero attached hydrogens (tertiary/aromatic N) is 3. The molecule has 3 N–H and O–H groups in total. The van der Waals surface area contributed by atoms with E-state index < -0.39 is 6.03 Å². The Morgan fingerprint density at radius 1 is 1.17 bits per heavy atom. The molecule has 1 heterocycles. The first-order valence-corrected chi connectivity index (χ1v) is 7.44. The van der Waals surface area contributed by atoms with E-state index >= 15 is 0 Å². The quantitative estimate of drug-likeness (QED) is 0.487. The highest BCUT2D eigenvalue weighted by molar-refractivity contribution is 6.30. The van der Waals surface area contributed by atoms with E-state index in [1.54, 1.807) is 35.9 Å². The molecular formula is C16H14ClN5O2. The minimum Gasteiger partial charge on any atom is -0.493 e. The predicted octanol–water partition coefficient (Wildman–Crippen LogP) is 4.36. The van der Waals surface area contributed by atoms with Crippen LogP contribution in [0.4, 0.5) is 16.2 Å². The van der Waals surface area contributed by atoms with Crippen LogP contribution < -0.4 is 10.7 Å². The number of rotatable bonds is 3. The zero-order chi connectivity index (χ0) is 17.1. The van der Waals surface area contributed by atoms with Crippen molar-refractivity contribution in [1.82, 2.24) is 9.99 Å². The molecule has 3 aromatic rings. The molecule has 0 unspecified atom stereocenters. The Hall–Kier alpha value is -3.06. The van der Waals surface area contributed by atoms with Crippen molar-refractivity contribution >= 4 is 39.9 Å². The average molecular weight is 344 g/mol. The molecule has 0 aliphatic heterocycles. The molecule has 0 fully saturated rings. The minimum atomic E-state index is -0.555. The van der Waals surface area contributed by atoms with Gasteiger partial charge in [-0.25, -0.2) is 10.2 Å². The normalized spacial score (nSPS) is 11.1. The maximum Gasteiger partial charge on any atom is 0.341 e. The number of nitrogens with one attached hydrogen (secondary N) is 2. The molecule has 24 heavy (non-hydrogen) atoms. The number of para-hydroxylation sites is 1. The highest BCUT2D eigenvalue weighted by Crippen LogP contribution is 2.37. The summed E-state index contributed by atoms with van der Waals surface area (Å²) in [5, 5.41) is 21.6. The second-order valence-electron chi connectivity index (χ2n) is 5.02. The molecule has 0 radical (unpaired) electrons. The van der Waals surface area contributed by atoms with Crippen LogP contribution in [-0.2, 0) is 7.05 Å². The molecule has 7 nitrogen and oxygen atoms in total. The summed E-state index contributed by atoms with van der Waals surface area (Å²) in [5.74, 6) is -0.0279. The summed E-state index contributed by atoms with van der Waals surface area (Å²) in [5.41, 5.74) is 3.93. The first-order chi connectivity index (χ1) is 11.6. The van der Waals surface area contributed by atoms with Crippen LogP contribution in [0.5, 0.6) is 5.88 Å². The number of aromatic hydroxyl groups is 1. The Kier molecular flexibility index (Phi) is 4.35. The van der Waals surface area contributed by atoms with Crippen molar-refractivity contribution in [2.75, 3.05) is 5.32 Å². The molecule has 2 amide bonds. The van der Waals surface area contributed by atoms with E-state index in [1.807, 2.05) is 24.3 Å². The van der Waals surface area contributed by atoms with Crippen LogP contribution >= 0.6 is 11.6 Å².